The van der Waals surface area contributed by atoms with Crippen LogP contribution >= 0.6 is 34.5 Å². The maximum Gasteiger partial charge on any atom is 0.0901 e. The Morgan fingerprint density at radius 2 is 2.00 bits per heavy atom. The van der Waals surface area contributed by atoms with Crippen LogP contribution in [0.5, 0.6) is 0 Å². The van der Waals surface area contributed by atoms with Crippen LogP contribution in [-0.4, -0.2) is 4.98 Å². The first-order valence-electron chi connectivity index (χ1n) is 5.63. The fourth-order valence-electron chi connectivity index (χ4n) is 1.85. The first-order valence-corrected chi connectivity index (χ1v) is 7.20. The Bertz CT molecular complexity index is 566. The van der Waals surface area contributed by atoms with Crippen LogP contribution in [0.3, 0.4) is 0 Å². The largest absolute Gasteiger partial charge is 0.376 e. The van der Waals surface area contributed by atoms with E-state index in [4.69, 9.17) is 23.2 Å². The van der Waals surface area contributed by atoms with Crippen LogP contribution in [0.4, 0.5) is 5.69 Å². The lowest BCUT2D eigenvalue weighted by atomic mass is 10.2. The van der Waals surface area contributed by atoms with Crippen molar-refractivity contribution in [3.8, 4) is 0 Å². The Hall–Kier alpha value is -0.770. The molecule has 1 atom stereocenters. The van der Waals surface area contributed by atoms with Crippen molar-refractivity contribution in [2.45, 2.75) is 26.8 Å². The lowest BCUT2D eigenvalue weighted by molar-refractivity contribution is 0.837. The second-order valence-electron chi connectivity index (χ2n) is 4.16. The fraction of sp³-hybridized carbons (Fsp3) is 0.308. The van der Waals surface area contributed by atoms with Crippen LogP contribution in [-0.2, 0) is 0 Å². The fourth-order valence-corrected chi connectivity index (χ4v) is 3.23. The highest BCUT2D eigenvalue weighted by Crippen LogP contribution is 2.30. The van der Waals surface area contributed by atoms with Gasteiger partial charge in [-0.05, 0) is 39.0 Å². The average Bonchev–Trinajstić information content (AvgIpc) is 2.62. The number of hydrogen-bond acceptors (Lipinski definition) is 3. The van der Waals surface area contributed by atoms with Crippen molar-refractivity contribution in [1.82, 2.24) is 4.98 Å². The van der Waals surface area contributed by atoms with E-state index >= 15 is 0 Å². The molecule has 0 radical (unpaired) electrons. The summed E-state index contributed by atoms with van der Waals surface area (Å²) in [6.45, 7) is 6.18. The molecule has 96 valence electrons. The molecule has 0 aliphatic heterocycles. The summed E-state index contributed by atoms with van der Waals surface area (Å²) >= 11 is 13.7. The molecule has 18 heavy (non-hydrogen) atoms. The zero-order valence-corrected chi connectivity index (χ0v) is 12.7. The van der Waals surface area contributed by atoms with Gasteiger partial charge in [0.25, 0.3) is 0 Å². The van der Waals surface area contributed by atoms with Crippen LogP contribution < -0.4 is 5.32 Å². The van der Waals surface area contributed by atoms with Crippen LogP contribution in [0.15, 0.2) is 18.2 Å². The maximum absolute atomic E-state index is 6.14. The van der Waals surface area contributed by atoms with Crippen molar-refractivity contribution in [1.29, 1.82) is 0 Å². The van der Waals surface area contributed by atoms with E-state index < -0.39 is 0 Å². The van der Waals surface area contributed by atoms with Crippen LogP contribution in [0.1, 0.15) is 28.5 Å². The van der Waals surface area contributed by atoms with Gasteiger partial charge in [-0.25, -0.2) is 4.98 Å². The Balaban J connectivity index is 2.21. The van der Waals surface area contributed by atoms with Gasteiger partial charge in [-0.3, -0.25) is 0 Å². The molecule has 1 heterocycles. The highest BCUT2D eigenvalue weighted by Gasteiger charge is 2.14. The molecule has 0 saturated carbocycles. The van der Waals surface area contributed by atoms with Gasteiger partial charge in [0, 0.05) is 9.90 Å². The third-order valence-electron chi connectivity index (χ3n) is 2.65. The summed E-state index contributed by atoms with van der Waals surface area (Å²) in [6, 6.07) is 5.56. The third-order valence-corrected chi connectivity index (χ3v) is 4.10. The summed E-state index contributed by atoms with van der Waals surface area (Å²) in [4.78, 5) is 5.77. The van der Waals surface area contributed by atoms with Crippen molar-refractivity contribution >= 4 is 40.2 Å². The van der Waals surface area contributed by atoms with Gasteiger partial charge >= 0.3 is 0 Å². The summed E-state index contributed by atoms with van der Waals surface area (Å²) in [6.07, 6.45) is 0. The number of rotatable bonds is 3. The molecule has 2 rings (SSSR count). The molecule has 0 aliphatic rings. The van der Waals surface area contributed by atoms with Crippen molar-refractivity contribution in [3.05, 3.63) is 43.8 Å². The predicted molar refractivity (Wildman–Crippen MR) is 80.1 cm³/mol. The molecule has 1 unspecified atom stereocenters. The third kappa shape index (κ3) is 2.97. The molecule has 1 aromatic carbocycles. The zero-order valence-electron chi connectivity index (χ0n) is 10.4. The Morgan fingerprint density at radius 3 is 2.56 bits per heavy atom. The average molecular weight is 301 g/mol. The van der Waals surface area contributed by atoms with E-state index in [9.17, 15) is 0 Å². The highest BCUT2D eigenvalue weighted by molar-refractivity contribution is 7.11. The van der Waals surface area contributed by atoms with Crippen molar-refractivity contribution in [2.24, 2.45) is 0 Å². The smallest absolute Gasteiger partial charge is 0.0901 e. The number of thiazole rings is 1. The minimum absolute atomic E-state index is 0.119. The topological polar surface area (TPSA) is 24.9 Å². The number of aromatic nitrogens is 1. The monoisotopic (exact) mass is 300 g/mol. The number of hydrogen-bond donors (Lipinski definition) is 1. The molecule has 1 N–H and O–H groups in total. The van der Waals surface area contributed by atoms with Gasteiger partial charge in [-0.15, -0.1) is 11.3 Å². The summed E-state index contributed by atoms with van der Waals surface area (Å²) in [5.41, 5.74) is 1.95. The summed E-state index contributed by atoms with van der Waals surface area (Å²) in [5.74, 6) is 0. The van der Waals surface area contributed by atoms with E-state index in [1.807, 2.05) is 19.1 Å². The lowest BCUT2D eigenvalue weighted by Gasteiger charge is -2.15. The first kappa shape index (κ1) is 13.7. The molecule has 0 bridgehead atoms. The molecule has 0 amide bonds. The highest BCUT2D eigenvalue weighted by atomic mass is 35.5. The molecule has 0 spiro atoms. The van der Waals surface area contributed by atoms with Crippen LogP contribution in [0.2, 0.25) is 10.0 Å². The van der Waals surface area contributed by atoms with Gasteiger partial charge in [-0.2, -0.15) is 0 Å². The Morgan fingerprint density at radius 1 is 1.28 bits per heavy atom. The summed E-state index contributed by atoms with van der Waals surface area (Å²) < 4.78 is 0. The zero-order chi connectivity index (χ0) is 13.3. The quantitative estimate of drug-likeness (QED) is 0.838. The molecule has 0 saturated heterocycles. The lowest BCUT2D eigenvalue weighted by Crippen LogP contribution is -2.08. The molecular weight excluding hydrogens is 287 g/mol. The predicted octanol–water partition coefficient (Wildman–Crippen LogP) is 5.24. The summed E-state index contributed by atoms with van der Waals surface area (Å²) in [7, 11) is 0. The van der Waals surface area contributed by atoms with Crippen molar-refractivity contribution in [2.75, 3.05) is 5.32 Å². The molecule has 5 heteroatoms. The van der Waals surface area contributed by atoms with E-state index in [-0.39, 0.29) is 6.04 Å². The first-order chi connectivity index (χ1) is 8.47. The normalized spacial score (nSPS) is 12.5. The maximum atomic E-state index is 6.14. The Kier molecular flexibility index (Phi) is 4.15. The molecule has 2 aromatic rings. The van der Waals surface area contributed by atoms with Crippen LogP contribution in [0.25, 0.3) is 0 Å². The minimum Gasteiger partial charge on any atom is -0.376 e. The van der Waals surface area contributed by atoms with E-state index in [0.29, 0.717) is 10.0 Å². The van der Waals surface area contributed by atoms with Gasteiger partial charge in [0.1, 0.15) is 0 Å². The molecular formula is C13H14Cl2N2S. The van der Waals surface area contributed by atoms with Gasteiger partial charge in [-0.1, -0.05) is 23.2 Å². The Labute approximate surface area is 121 Å². The molecule has 1 aromatic heterocycles. The van der Waals surface area contributed by atoms with Crippen molar-refractivity contribution < 1.29 is 0 Å². The molecule has 0 fully saturated rings. The SMILES string of the molecule is Cc1nc(C(C)Nc2ccc(Cl)cc2Cl)c(C)s1. The van der Waals surface area contributed by atoms with Crippen LogP contribution in [0, 0.1) is 13.8 Å². The van der Waals surface area contributed by atoms with Gasteiger partial charge in [0.2, 0.25) is 0 Å². The van der Waals surface area contributed by atoms with Gasteiger partial charge in [0.15, 0.2) is 0 Å². The van der Waals surface area contributed by atoms with E-state index in [2.05, 4.69) is 24.1 Å². The second-order valence-corrected chi connectivity index (χ2v) is 6.42. The number of nitrogens with one attached hydrogen (secondary N) is 1. The second kappa shape index (κ2) is 5.47. The van der Waals surface area contributed by atoms with E-state index in [1.165, 1.54) is 4.88 Å². The van der Waals surface area contributed by atoms with Gasteiger partial charge in [0.05, 0.1) is 27.5 Å². The summed E-state index contributed by atoms with van der Waals surface area (Å²) in [5, 5.41) is 5.71. The number of benzene rings is 1. The molecule has 0 aliphatic carbocycles. The van der Waals surface area contributed by atoms with Gasteiger partial charge < -0.3 is 5.32 Å². The number of aryl methyl sites for hydroxylation is 2. The van der Waals surface area contributed by atoms with Crippen molar-refractivity contribution in [3.63, 3.8) is 0 Å². The number of halogens is 2. The number of anilines is 1. The molecule has 2 nitrogen and oxygen atoms in total. The number of nitrogens with zero attached hydrogens (tertiary/aromatic N) is 1. The van der Waals surface area contributed by atoms with E-state index in [0.717, 1.165) is 16.4 Å². The van der Waals surface area contributed by atoms with E-state index in [1.54, 1.807) is 17.4 Å². The standard InChI is InChI=1S/C13H14Cl2N2S/c1-7(13-8(2)18-9(3)17-13)16-12-5-4-10(14)6-11(12)15/h4-7,16H,1-3H3. The minimum atomic E-state index is 0.119.